The van der Waals surface area contributed by atoms with Crippen molar-refractivity contribution in [3.8, 4) is 5.69 Å². The van der Waals surface area contributed by atoms with Crippen LogP contribution in [0.15, 0.2) is 59.8 Å². The van der Waals surface area contributed by atoms with Gasteiger partial charge < -0.3 is 9.80 Å². The molecule has 1 fully saturated rings. The van der Waals surface area contributed by atoms with Gasteiger partial charge in [0.25, 0.3) is 0 Å². The lowest BCUT2D eigenvalue weighted by molar-refractivity contribution is -0.917. The van der Waals surface area contributed by atoms with E-state index in [0.29, 0.717) is 10.8 Å². The third kappa shape index (κ3) is 4.99. The van der Waals surface area contributed by atoms with Crippen molar-refractivity contribution < 1.29 is 14.1 Å². The van der Waals surface area contributed by atoms with Crippen LogP contribution in [0.4, 0.5) is 4.39 Å². The second kappa shape index (κ2) is 9.15. The fraction of sp³-hybridized carbons (Fsp3) is 0.300. The number of rotatable bonds is 6. The monoisotopic (exact) mass is 413 g/mol. The number of carbonyl (C=O) groups is 1. The lowest BCUT2D eigenvalue weighted by Gasteiger charge is -2.32. The van der Waals surface area contributed by atoms with E-state index >= 15 is 0 Å². The fourth-order valence-corrected chi connectivity index (χ4v) is 4.18. The van der Waals surface area contributed by atoms with Crippen LogP contribution < -0.4 is 4.90 Å². The van der Waals surface area contributed by atoms with Gasteiger partial charge >= 0.3 is 0 Å². The summed E-state index contributed by atoms with van der Waals surface area (Å²) in [6.07, 6.45) is 0. The maximum Gasteiger partial charge on any atom is 0.233 e. The van der Waals surface area contributed by atoms with Crippen LogP contribution in [-0.2, 0) is 11.3 Å². The average molecular weight is 414 g/mol. The highest BCUT2D eigenvalue weighted by Crippen LogP contribution is 2.19. The van der Waals surface area contributed by atoms with E-state index in [1.807, 2.05) is 11.0 Å². The van der Waals surface area contributed by atoms with Gasteiger partial charge in [0.2, 0.25) is 11.1 Å². The molecule has 3 aromatic rings. The molecule has 0 unspecified atom stereocenters. The summed E-state index contributed by atoms with van der Waals surface area (Å²) in [7, 11) is 0. The molecule has 150 valence electrons. The Bertz CT molecular complexity index is 958. The second-order valence-electron chi connectivity index (χ2n) is 6.93. The molecule has 1 amide bonds. The number of amides is 1. The van der Waals surface area contributed by atoms with Crippen LogP contribution in [0.1, 0.15) is 5.56 Å². The van der Waals surface area contributed by atoms with Crippen molar-refractivity contribution in [3.63, 3.8) is 0 Å². The van der Waals surface area contributed by atoms with Crippen LogP contribution in [0.5, 0.6) is 0 Å². The Hall–Kier alpha value is -2.78. The number of quaternary nitrogens is 1. The molecule has 9 heteroatoms. The van der Waals surface area contributed by atoms with Crippen molar-refractivity contribution in [1.82, 2.24) is 25.1 Å². The molecule has 7 nitrogen and oxygen atoms in total. The number of thioether (sulfide) groups is 1. The number of benzene rings is 2. The smallest absolute Gasteiger partial charge is 0.233 e. The molecule has 0 bridgehead atoms. The van der Waals surface area contributed by atoms with E-state index in [1.165, 1.54) is 39.0 Å². The van der Waals surface area contributed by atoms with Gasteiger partial charge in [0.05, 0.1) is 37.6 Å². The third-order valence-electron chi connectivity index (χ3n) is 4.94. The van der Waals surface area contributed by atoms with Gasteiger partial charge in [-0.1, -0.05) is 48.2 Å². The van der Waals surface area contributed by atoms with Gasteiger partial charge in [0.15, 0.2) is 0 Å². The zero-order valence-corrected chi connectivity index (χ0v) is 16.7. The summed E-state index contributed by atoms with van der Waals surface area (Å²) in [6.45, 7) is 4.35. The van der Waals surface area contributed by atoms with E-state index < -0.39 is 0 Å². The number of aromatic nitrogens is 4. The van der Waals surface area contributed by atoms with Crippen LogP contribution in [0.25, 0.3) is 5.69 Å². The summed E-state index contributed by atoms with van der Waals surface area (Å²) >= 11 is 1.27. The molecular weight excluding hydrogens is 391 g/mol. The summed E-state index contributed by atoms with van der Waals surface area (Å²) in [5, 5.41) is 12.0. The molecule has 1 aromatic heterocycles. The average Bonchev–Trinajstić information content (AvgIpc) is 3.22. The maximum absolute atomic E-state index is 13.5. The van der Waals surface area contributed by atoms with E-state index in [4.69, 9.17) is 0 Å². The molecule has 1 N–H and O–H groups in total. The first kappa shape index (κ1) is 19.5. The van der Waals surface area contributed by atoms with Crippen LogP contribution in [-0.4, -0.2) is 62.9 Å². The first-order valence-electron chi connectivity index (χ1n) is 9.51. The summed E-state index contributed by atoms with van der Waals surface area (Å²) in [5.74, 6) is -0.0348. The zero-order valence-electron chi connectivity index (χ0n) is 15.9. The van der Waals surface area contributed by atoms with Gasteiger partial charge in [-0.2, -0.15) is 4.68 Å². The van der Waals surface area contributed by atoms with Crippen LogP contribution in [0.3, 0.4) is 0 Å². The molecular formula is C20H22FN6OS+. The highest BCUT2D eigenvalue weighted by Gasteiger charge is 2.24. The lowest BCUT2D eigenvalue weighted by atomic mass is 10.2. The maximum atomic E-state index is 13.5. The SMILES string of the molecule is O=C(CSc1nnnn1-c1cccc(F)c1)N1CC[NH+](Cc2ccccc2)CC1. The van der Waals surface area contributed by atoms with E-state index in [2.05, 4.69) is 39.8 Å². The number of tetrazole rings is 1. The van der Waals surface area contributed by atoms with E-state index in [1.54, 1.807) is 12.1 Å². The predicted octanol–water partition coefficient (Wildman–Crippen LogP) is 0.821. The summed E-state index contributed by atoms with van der Waals surface area (Å²) in [5.41, 5.74) is 1.85. The quantitative estimate of drug-likeness (QED) is 0.606. The first-order valence-corrected chi connectivity index (χ1v) is 10.5. The summed E-state index contributed by atoms with van der Waals surface area (Å²) < 4.78 is 14.9. The van der Waals surface area contributed by atoms with Crippen LogP contribution in [0, 0.1) is 5.82 Å². The number of halogens is 1. The minimum absolute atomic E-state index is 0.0718. The number of piperazine rings is 1. The Labute approximate surface area is 172 Å². The number of nitrogens with one attached hydrogen (secondary N) is 1. The second-order valence-corrected chi connectivity index (χ2v) is 7.88. The predicted molar refractivity (Wildman–Crippen MR) is 107 cm³/mol. The molecule has 1 saturated heterocycles. The molecule has 2 heterocycles. The first-order chi connectivity index (χ1) is 14.2. The van der Waals surface area contributed by atoms with Crippen molar-refractivity contribution in [2.45, 2.75) is 11.7 Å². The summed E-state index contributed by atoms with van der Waals surface area (Å²) in [4.78, 5) is 16.0. The minimum atomic E-state index is -0.360. The third-order valence-corrected chi connectivity index (χ3v) is 5.84. The minimum Gasteiger partial charge on any atom is -0.331 e. The largest absolute Gasteiger partial charge is 0.331 e. The highest BCUT2D eigenvalue weighted by atomic mass is 32.2. The Morgan fingerprint density at radius 1 is 1.10 bits per heavy atom. The van der Waals surface area contributed by atoms with E-state index in [-0.39, 0.29) is 17.5 Å². The van der Waals surface area contributed by atoms with Crippen molar-refractivity contribution in [3.05, 3.63) is 66.0 Å². The normalized spacial score (nSPS) is 14.9. The molecule has 0 radical (unpaired) electrons. The van der Waals surface area contributed by atoms with Gasteiger partial charge in [0.1, 0.15) is 12.4 Å². The van der Waals surface area contributed by atoms with Crippen molar-refractivity contribution in [1.29, 1.82) is 0 Å². The molecule has 1 aliphatic heterocycles. The molecule has 2 aromatic carbocycles. The van der Waals surface area contributed by atoms with Crippen molar-refractivity contribution in [2.75, 3.05) is 31.9 Å². The van der Waals surface area contributed by atoms with Gasteiger partial charge in [0, 0.05) is 5.56 Å². The lowest BCUT2D eigenvalue weighted by Crippen LogP contribution is -3.13. The fourth-order valence-electron chi connectivity index (χ4n) is 3.39. The number of nitrogens with zero attached hydrogens (tertiary/aromatic N) is 5. The molecule has 29 heavy (non-hydrogen) atoms. The molecule has 0 saturated carbocycles. The molecule has 4 rings (SSSR count). The van der Waals surface area contributed by atoms with Gasteiger partial charge in [-0.05, 0) is 28.6 Å². The van der Waals surface area contributed by atoms with E-state index in [9.17, 15) is 9.18 Å². The topological polar surface area (TPSA) is 68.4 Å². The van der Waals surface area contributed by atoms with Crippen LogP contribution >= 0.6 is 11.8 Å². The Morgan fingerprint density at radius 3 is 2.66 bits per heavy atom. The zero-order chi connectivity index (χ0) is 20.1. The molecule has 1 aliphatic rings. The van der Waals surface area contributed by atoms with Crippen LogP contribution in [0.2, 0.25) is 0 Å². The van der Waals surface area contributed by atoms with Gasteiger partial charge in [-0.3, -0.25) is 4.79 Å². The Morgan fingerprint density at radius 2 is 1.90 bits per heavy atom. The number of hydrogen-bond donors (Lipinski definition) is 1. The number of carbonyl (C=O) groups excluding carboxylic acids is 1. The molecule has 0 spiro atoms. The van der Waals surface area contributed by atoms with Gasteiger partial charge in [-0.25, -0.2) is 4.39 Å². The van der Waals surface area contributed by atoms with Gasteiger partial charge in [-0.15, -0.1) is 5.10 Å². The summed E-state index contributed by atoms with van der Waals surface area (Å²) in [6, 6.07) is 16.5. The Balaban J connectivity index is 1.29. The van der Waals surface area contributed by atoms with E-state index in [0.717, 1.165) is 32.7 Å². The van der Waals surface area contributed by atoms with Crippen molar-refractivity contribution in [2.24, 2.45) is 0 Å². The molecule has 0 atom stereocenters. The number of hydrogen-bond acceptors (Lipinski definition) is 5. The van der Waals surface area contributed by atoms with Crippen molar-refractivity contribution >= 4 is 17.7 Å². The standard InChI is InChI=1S/C20H21FN6OS/c21-17-7-4-8-18(13-17)27-20(22-23-24-27)29-15-19(28)26-11-9-25(10-12-26)14-16-5-2-1-3-6-16/h1-8,13H,9-12,14-15H2/p+1. The molecule has 0 aliphatic carbocycles. The highest BCUT2D eigenvalue weighted by molar-refractivity contribution is 7.99. The Kier molecular flexibility index (Phi) is 6.16.